The maximum Gasteiger partial charge on any atom is 0.234 e. The van der Waals surface area contributed by atoms with Crippen LogP contribution in [0.1, 0.15) is 63.4 Å². The Balaban J connectivity index is 1.66. The number of hydrogen-bond acceptors (Lipinski definition) is 5. The molecule has 3 rings (SSSR count). The van der Waals surface area contributed by atoms with Gasteiger partial charge in [0.25, 0.3) is 0 Å². The van der Waals surface area contributed by atoms with Crippen LogP contribution in [0.3, 0.4) is 0 Å². The van der Waals surface area contributed by atoms with Gasteiger partial charge in [0.15, 0.2) is 0 Å². The van der Waals surface area contributed by atoms with Gasteiger partial charge in [-0.05, 0) is 55.1 Å². The van der Waals surface area contributed by atoms with Gasteiger partial charge in [0.1, 0.15) is 11.9 Å². The van der Waals surface area contributed by atoms with Gasteiger partial charge in [-0.25, -0.2) is 9.97 Å². The Kier molecular flexibility index (Phi) is 8.04. The Morgan fingerprint density at radius 2 is 1.74 bits per heavy atom. The van der Waals surface area contributed by atoms with Crippen molar-refractivity contribution in [2.24, 2.45) is 5.41 Å². The SMILES string of the molecule is CC(C)(C)CN(Cc1ccc(C#CCN2CCCCCC2)cc1)c1ccnc(C#N)n1. The van der Waals surface area contributed by atoms with E-state index < -0.39 is 0 Å². The number of aromatic nitrogens is 2. The maximum atomic E-state index is 9.16. The molecule has 2 heterocycles. The van der Waals surface area contributed by atoms with Gasteiger partial charge in [-0.2, -0.15) is 5.26 Å². The van der Waals surface area contributed by atoms with E-state index in [1.54, 1.807) is 6.20 Å². The smallest absolute Gasteiger partial charge is 0.234 e. The predicted molar refractivity (Wildman–Crippen MR) is 125 cm³/mol. The van der Waals surface area contributed by atoms with Crippen LogP contribution in [0.15, 0.2) is 36.5 Å². The summed E-state index contributed by atoms with van der Waals surface area (Å²) in [5.74, 6) is 7.64. The molecule has 31 heavy (non-hydrogen) atoms. The molecule has 1 aromatic heterocycles. The van der Waals surface area contributed by atoms with E-state index in [1.165, 1.54) is 44.3 Å². The summed E-state index contributed by atoms with van der Waals surface area (Å²) in [6, 6.07) is 12.4. The molecule has 5 heteroatoms. The van der Waals surface area contributed by atoms with Gasteiger partial charge in [0.2, 0.25) is 5.82 Å². The highest BCUT2D eigenvalue weighted by atomic mass is 15.2. The monoisotopic (exact) mass is 415 g/mol. The number of rotatable bonds is 5. The highest BCUT2D eigenvalue weighted by molar-refractivity contribution is 5.42. The Bertz CT molecular complexity index is 933. The Hall–Kier alpha value is -2.89. The van der Waals surface area contributed by atoms with Crippen molar-refractivity contribution in [1.29, 1.82) is 5.26 Å². The van der Waals surface area contributed by atoms with Crippen molar-refractivity contribution in [3.63, 3.8) is 0 Å². The first-order valence-electron chi connectivity index (χ1n) is 11.2. The van der Waals surface area contributed by atoms with Crippen LogP contribution in [-0.2, 0) is 6.54 Å². The lowest BCUT2D eigenvalue weighted by atomic mass is 9.95. The van der Waals surface area contributed by atoms with Crippen molar-refractivity contribution in [1.82, 2.24) is 14.9 Å². The second-order valence-corrected chi connectivity index (χ2v) is 9.46. The molecule has 0 bridgehead atoms. The molecule has 0 amide bonds. The lowest BCUT2D eigenvalue weighted by Gasteiger charge is -2.31. The summed E-state index contributed by atoms with van der Waals surface area (Å²) in [5.41, 5.74) is 2.34. The van der Waals surface area contributed by atoms with E-state index in [1.807, 2.05) is 12.1 Å². The fourth-order valence-corrected chi connectivity index (χ4v) is 3.83. The van der Waals surface area contributed by atoms with Crippen LogP contribution in [0.5, 0.6) is 0 Å². The molecule has 1 fully saturated rings. The second-order valence-electron chi connectivity index (χ2n) is 9.46. The minimum Gasteiger partial charge on any atom is -0.352 e. The van der Waals surface area contributed by atoms with Gasteiger partial charge in [-0.15, -0.1) is 0 Å². The number of anilines is 1. The summed E-state index contributed by atoms with van der Waals surface area (Å²) in [6.07, 6.45) is 6.95. The Morgan fingerprint density at radius 1 is 1.03 bits per heavy atom. The van der Waals surface area contributed by atoms with Crippen LogP contribution in [0.4, 0.5) is 5.82 Å². The maximum absolute atomic E-state index is 9.16. The predicted octanol–water partition coefficient (Wildman–Crippen LogP) is 4.63. The Labute approximate surface area is 187 Å². The molecule has 0 saturated carbocycles. The van der Waals surface area contributed by atoms with Crippen LogP contribution in [0.25, 0.3) is 0 Å². The molecular weight excluding hydrogens is 382 g/mol. The first kappa shape index (κ1) is 22.8. The summed E-state index contributed by atoms with van der Waals surface area (Å²) in [4.78, 5) is 13.1. The molecule has 0 atom stereocenters. The molecule has 0 aliphatic carbocycles. The largest absolute Gasteiger partial charge is 0.352 e. The van der Waals surface area contributed by atoms with Crippen LogP contribution in [-0.4, -0.2) is 41.0 Å². The van der Waals surface area contributed by atoms with Crippen LogP contribution < -0.4 is 4.90 Å². The van der Waals surface area contributed by atoms with Crippen LogP contribution in [0.2, 0.25) is 0 Å². The van der Waals surface area contributed by atoms with Gasteiger partial charge >= 0.3 is 0 Å². The van der Waals surface area contributed by atoms with E-state index in [0.29, 0.717) is 0 Å². The second kappa shape index (κ2) is 10.9. The minimum atomic E-state index is 0.0938. The summed E-state index contributed by atoms with van der Waals surface area (Å²) >= 11 is 0. The number of hydrogen-bond donors (Lipinski definition) is 0. The zero-order valence-corrected chi connectivity index (χ0v) is 19.1. The zero-order chi connectivity index (χ0) is 22.1. The Morgan fingerprint density at radius 3 is 2.39 bits per heavy atom. The third-order valence-corrected chi connectivity index (χ3v) is 5.29. The molecule has 0 unspecified atom stereocenters. The fourth-order valence-electron chi connectivity index (χ4n) is 3.83. The van der Waals surface area contributed by atoms with Gasteiger partial charge < -0.3 is 4.90 Å². The standard InChI is InChI=1S/C26H33N5/c1-26(2,3)21-31(25-14-15-28-24(19-27)29-25)20-23-12-10-22(11-13-23)9-8-18-30-16-6-4-5-7-17-30/h10-15H,4-7,16-18,20-21H2,1-3H3. The lowest BCUT2D eigenvalue weighted by Crippen LogP contribution is -2.33. The molecular formula is C26H33N5. The molecule has 1 aliphatic heterocycles. The minimum absolute atomic E-state index is 0.0938. The average molecular weight is 416 g/mol. The van der Waals surface area contributed by atoms with Crippen molar-refractivity contribution < 1.29 is 0 Å². The lowest BCUT2D eigenvalue weighted by molar-refractivity contribution is 0.320. The van der Waals surface area contributed by atoms with E-state index in [2.05, 4.69) is 76.6 Å². The summed E-state index contributed by atoms with van der Waals surface area (Å²) in [5, 5.41) is 9.16. The van der Waals surface area contributed by atoms with Crippen LogP contribution >= 0.6 is 0 Å². The molecule has 1 aromatic carbocycles. The fraction of sp³-hybridized carbons (Fsp3) is 0.500. The van der Waals surface area contributed by atoms with Crippen LogP contribution in [0, 0.1) is 28.6 Å². The van der Waals surface area contributed by atoms with Crippen molar-refractivity contribution in [2.45, 2.75) is 53.0 Å². The van der Waals surface area contributed by atoms with Crippen molar-refractivity contribution in [2.75, 3.05) is 31.1 Å². The molecule has 1 saturated heterocycles. The summed E-state index contributed by atoms with van der Waals surface area (Å²) in [6.45, 7) is 11.4. The third-order valence-electron chi connectivity index (χ3n) is 5.29. The van der Waals surface area contributed by atoms with Gasteiger partial charge in [-0.3, -0.25) is 4.90 Å². The number of benzene rings is 1. The summed E-state index contributed by atoms with van der Waals surface area (Å²) in [7, 11) is 0. The van der Waals surface area contributed by atoms with E-state index in [0.717, 1.165) is 31.0 Å². The number of likely N-dealkylation sites (tertiary alicyclic amines) is 1. The summed E-state index contributed by atoms with van der Waals surface area (Å²) < 4.78 is 0. The van der Waals surface area contributed by atoms with Crippen molar-refractivity contribution in [3.05, 3.63) is 53.5 Å². The molecule has 1 aliphatic rings. The first-order valence-corrected chi connectivity index (χ1v) is 11.2. The quantitative estimate of drug-likeness (QED) is 0.667. The molecule has 0 spiro atoms. The normalized spacial score (nSPS) is 14.8. The van der Waals surface area contributed by atoms with Gasteiger partial charge in [-0.1, -0.05) is 57.6 Å². The van der Waals surface area contributed by atoms with Crippen molar-refractivity contribution in [3.8, 4) is 17.9 Å². The molecule has 0 N–H and O–H groups in total. The van der Waals surface area contributed by atoms with Gasteiger partial charge in [0.05, 0.1) is 6.54 Å². The molecule has 5 nitrogen and oxygen atoms in total. The topological polar surface area (TPSA) is 56.0 Å². The number of nitrogens with zero attached hydrogens (tertiary/aromatic N) is 5. The molecule has 162 valence electrons. The number of nitriles is 1. The first-order chi connectivity index (χ1) is 14.9. The molecule has 2 aromatic rings. The van der Waals surface area contributed by atoms with Gasteiger partial charge in [0, 0.05) is 24.8 Å². The highest BCUT2D eigenvalue weighted by Gasteiger charge is 2.19. The van der Waals surface area contributed by atoms with E-state index >= 15 is 0 Å². The highest BCUT2D eigenvalue weighted by Crippen LogP contribution is 2.22. The van der Waals surface area contributed by atoms with E-state index in [9.17, 15) is 0 Å². The zero-order valence-electron chi connectivity index (χ0n) is 19.1. The third kappa shape index (κ3) is 7.70. The average Bonchev–Trinajstić information content (AvgIpc) is 3.02. The van der Waals surface area contributed by atoms with Crippen molar-refractivity contribution >= 4 is 5.82 Å². The van der Waals surface area contributed by atoms with E-state index in [4.69, 9.17) is 5.26 Å². The molecule has 0 radical (unpaired) electrons. The van der Waals surface area contributed by atoms with E-state index in [-0.39, 0.29) is 11.2 Å².